The smallest absolute Gasteiger partial charge is 0.129 e. The van der Waals surface area contributed by atoms with Crippen LogP contribution in [0.25, 0.3) is 0 Å². The van der Waals surface area contributed by atoms with Crippen molar-refractivity contribution in [3.8, 4) is 0 Å². The van der Waals surface area contributed by atoms with Crippen molar-refractivity contribution in [3.05, 3.63) is 23.4 Å². The number of anilines is 1. The van der Waals surface area contributed by atoms with Gasteiger partial charge < -0.3 is 19.8 Å². The lowest BCUT2D eigenvalue weighted by atomic mass is 10.1. The van der Waals surface area contributed by atoms with E-state index < -0.39 is 0 Å². The summed E-state index contributed by atoms with van der Waals surface area (Å²) < 4.78 is 5.56. The summed E-state index contributed by atoms with van der Waals surface area (Å²) in [6.07, 6.45) is 1.77. The van der Waals surface area contributed by atoms with E-state index in [2.05, 4.69) is 18.7 Å². The number of aryl methyl sites for hydroxylation is 1. The topological polar surface area (TPSA) is 65.8 Å². The van der Waals surface area contributed by atoms with Gasteiger partial charge in [0.1, 0.15) is 5.82 Å². The Morgan fingerprint density at radius 1 is 1.40 bits per heavy atom. The van der Waals surface area contributed by atoms with E-state index in [0.29, 0.717) is 13.2 Å². The molecule has 5 nitrogen and oxygen atoms in total. The van der Waals surface area contributed by atoms with Gasteiger partial charge in [-0.1, -0.05) is 13.3 Å². The standard InChI is InChI=1S/C15H24N2O3/c1-3-4-13-5-12(8-18)6-15(16-13)17-7-14(9-19)20-10-11(17)2/h5-6,11,14,18-19H,3-4,7-10H2,1-2H3. The predicted molar refractivity (Wildman–Crippen MR) is 77.8 cm³/mol. The highest BCUT2D eigenvalue weighted by molar-refractivity contribution is 5.44. The van der Waals surface area contributed by atoms with Crippen LogP contribution in [0.1, 0.15) is 31.5 Å². The van der Waals surface area contributed by atoms with Gasteiger partial charge in [-0.15, -0.1) is 0 Å². The molecule has 20 heavy (non-hydrogen) atoms. The van der Waals surface area contributed by atoms with E-state index >= 15 is 0 Å². The van der Waals surface area contributed by atoms with Crippen LogP contribution in [0.3, 0.4) is 0 Å². The molecule has 0 amide bonds. The molecule has 0 bridgehead atoms. The third-order valence-corrected chi connectivity index (χ3v) is 3.62. The Morgan fingerprint density at radius 3 is 2.85 bits per heavy atom. The third-order valence-electron chi connectivity index (χ3n) is 3.62. The second-order valence-electron chi connectivity index (χ2n) is 5.37. The van der Waals surface area contributed by atoms with E-state index in [9.17, 15) is 10.2 Å². The lowest BCUT2D eigenvalue weighted by Crippen LogP contribution is -2.50. The first kappa shape index (κ1) is 15.2. The van der Waals surface area contributed by atoms with E-state index in [-0.39, 0.29) is 25.4 Å². The van der Waals surface area contributed by atoms with Crippen molar-refractivity contribution in [1.82, 2.24) is 4.98 Å². The first-order valence-corrected chi connectivity index (χ1v) is 7.27. The van der Waals surface area contributed by atoms with E-state index in [1.165, 1.54) is 0 Å². The third kappa shape index (κ3) is 3.48. The van der Waals surface area contributed by atoms with Crippen LogP contribution >= 0.6 is 0 Å². The number of hydrogen-bond acceptors (Lipinski definition) is 5. The molecule has 1 aliphatic rings. The van der Waals surface area contributed by atoms with Gasteiger partial charge >= 0.3 is 0 Å². The van der Waals surface area contributed by atoms with Crippen LogP contribution in [0.2, 0.25) is 0 Å². The number of aromatic nitrogens is 1. The minimum atomic E-state index is -0.166. The average Bonchev–Trinajstić information content (AvgIpc) is 2.47. The Morgan fingerprint density at radius 2 is 2.20 bits per heavy atom. The number of aliphatic hydroxyl groups is 2. The Kier molecular flexibility index (Phi) is 5.34. The van der Waals surface area contributed by atoms with Gasteiger partial charge in [-0.3, -0.25) is 0 Å². The zero-order valence-electron chi connectivity index (χ0n) is 12.2. The number of nitrogens with zero attached hydrogens (tertiary/aromatic N) is 2. The Hall–Kier alpha value is -1.17. The molecule has 0 spiro atoms. The van der Waals surface area contributed by atoms with Gasteiger partial charge in [0.05, 0.1) is 32.0 Å². The monoisotopic (exact) mass is 280 g/mol. The lowest BCUT2D eigenvalue weighted by molar-refractivity contribution is -0.0105. The highest BCUT2D eigenvalue weighted by Gasteiger charge is 2.27. The first-order chi connectivity index (χ1) is 9.67. The van der Waals surface area contributed by atoms with Gasteiger partial charge in [-0.2, -0.15) is 0 Å². The molecule has 1 fully saturated rings. The van der Waals surface area contributed by atoms with Crippen molar-refractivity contribution in [3.63, 3.8) is 0 Å². The van der Waals surface area contributed by atoms with Gasteiger partial charge in [0.25, 0.3) is 0 Å². The van der Waals surface area contributed by atoms with E-state index in [1.807, 2.05) is 12.1 Å². The van der Waals surface area contributed by atoms with Crippen LogP contribution in [0, 0.1) is 0 Å². The first-order valence-electron chi connectivity index (χ1n) is 7.27. The van der Waals surface area contributed by atoms with Crippen LogP contribution in [-0.4, -0.2) is 47.1 Å². The molecule has 1 saturated heterocycles. The maximum atomic E-state index is 9.41. The van der Waals surface area contributed by atoms with Crippen LogP contribution in [0.4, 0.5) is 5.82 Å². The normalized spacial score (nSPS) is 23.1. The van der Waals surface area contributed by atoms with E-state index in [4.69, 9.17) is 9.72 Å². The molecule has 1 aliphatic heterocycles. The molecule has 112 valence electrons. The largest absolute Gasteiger partial charge is 0.394 e. The summed E-state index contributed by atoms with van der Waals surface area (Å²) in [5, 5.41) is 18.7. The van der Waals surface area contributed by atoms with Crippen LogP contribution < -0.4 is 4.90 Å². The van der Waals surface area contributed by atoms with Crippen molar-refractivity contribution < 1.29 is 14.9 Å². The second kappa shape index (κ2) is 7.02. The highest BCUT2D eigenvalue weighted by Crippen LogP contribution is 2.22. The SMILES string of the molecule is CCCc1cc(CO)cc(N2CC(CO)OCC2C)n1. The molecule has 0 aromatic carbocycles. The summed E-state index contributed by atoms with van der Waals surface area (Å²) in [5.74, 6) is 0.870. The summed E-state index contributed by atoms with van der Waals surface area (Å²) >= 11 is 0. The maximum Gasteiger partial charge on any atom is 0.129 e. The molecule has 2 rings (SSSR count). The summed E-state index contributed by atoms with van der Waals surface area (Å²) in [7, 11) is 0. The number of hydrogen-bond donors (Lipinski definition) is 2. The van der Waals surface area contributed by atoms with E-state index in [1.54, 1.807) is 0 Å². The zero-order chi connectivity index (χ0) is 14.5. The van der Waals surface area contributed by atoms with Gasteiger partial charge in [-0.25, -0.2) is 4.98 Å². The average molecular weight is 280 g/mol. The van der Waals surface area contributed by atoms with Gasteiger partial charge in [0.15, 0.2) is 0 Å². The number of aliphatic hydroxyl groups excluding tert-OH is 2. The minimum Gasteiger partial charge on any atom is -0.394 e. The summed E-state index contributed by atoms with van der Waals surface area (Å²) in [4.78, 5) is 6.85. The van der Waals surface area contributed by atoms with Crippen molar-refractivity contribution >= 4 is 5.82 Å². The molecule has 5 heteroatoms. The fourth-order valence-electron chi connectivity index (χ4n) is 2.50. The van der Waals surface area contributed by atoms with Gasteiger partial charge in [0.2, 0.25) is 0 Å². The van der Waals surface area contributed by atoms with E-state index in [0.717, 1.165) is 29.9 Å². The van der Waals surface area contributed by atoms with Crippen LogP contribution in [0.15, 0.2) is 12.1 Å². The molecule has 1 aromatic rings. The Labute approximate surface area is 120 Å². The Bertz CT molecular complexity index is 439. The van der Waals surface area contributed by atoms with Gasteiger partial charge in [0, 0.05) is 12.2 Å². The van der Waals surface area contributed by atoms with Crippen molar-refractivity contribution in [1.29, 1.82) is 0 Å². The molecule has 0 saturated carbocycles. The molecule has 0 radical (unpaired) electrons. The number of morpholine rings is 1. The molecule has 2 unspecified atom stereocenters. The fraction of sp³-hybridized carbons (Fsp3) is 0.667. The molecule has 2 heterocycles. The van der Waals surface area contributed by atoms with Crippen LogP contribution in [0.5, 0.6) is 0 Å². The molecular weight excluding hydrogens is 256 g/mol. The highest BCUT2D eigenvalue weighted by atomic mass is 16.5. The quantitative estimate of drug-likeness (QED) is 0.846. The molecule has 2 N–H and O–H groups in total. The predicted octanol–water partition coefficient (Wildman–Crippen LogP) is 1.11. The number of pyridine rings is 1. The molecule has 1 aromatic heterocycles. The summed E-state index contributed by atoms with van der Waals surface area (Å²) in [5.41, 5.74) is 1.89. The summed E-state index contributed by atoms with van der Waals surface area (Å²) in [6.45, 7) is 5.45. The summed E-state index contributed by atoms with van der Waals surface area (Å²) in [6, 6.07) is 4.10. The Balaban J connectivity index is 2.26. The second-order valence-corrected chi connectivity index (χ2v) is 5.37. The maximum absolute atomic E-state index is 9.41. The van der Waals surface area contributed by atoms with Crippen molar-refractivity contribution in [2.24, 2.45) is 0 Å². The van der Waals surface area contributed by atoms with Gasteiger partial charge in [-0.05, 0) is 31.0 Å². The number of rotatable bonds is 5. The number of ether oxygens (including phenoxy) is 1. The van der Waals surface area contributed by atoms with Crippen molar-refractivity contribution in [2.75, 3.05) is 24.7 Å². The molecule has 0 aliphatic carbocycles. The van der Waals surface area contributed by atoms with Crippen LogP contribution in [-0.2, 0) is 17.8 Å². The minimum absolute atomic E-state index is 0.0186. The molecular formula is C15H24N2O3. The lowest BCUT2D eigenvalue weighted by Gasteiger charge is -2.38. The fourth-order valence-corrected chi connectivity index (χ4v) is 2.50. The van der Waals surface area contributed by atoms with Crippen molar-refractivity contribution in [2.45, 2.75) is 45.4 Å². The zero-order valence-corrected chi connectivity index (χ0v) is 12.2. The molecule has 2 atom stereocenters.